The quantitative estimate of drug-likeness (QED) is 0.729. The fourth-order valence-corrected chi connectivity index (χ4v) is 4.22. The van der Waals surface area contributed by atoms with Crippen LogP contribution < -0.4 is 9.46 Å². The summed E-state index contributed by atoms with van der Waals surface area (Å²) < 4.78 is 66.2. The molecule has 0 spiro atoms. The lowest BCUT2D eigenvalue weighted by molar-refractivity contribution is -0.274. The third kappa shape index (κ3) is 6.36. The van der Waals surface area contributed by atoms with Gasteiger partial charge >= 0.3 is 6.36 Å². The zero-order valence-electron chi connectivity index (χ0n) is 17.1. The van der Waals surface area contributed by atoms with Crippen LogP contribution >= 0.6 is 0 Å². The van der Waals surface area contributed by atoms with Gasteiger partial charge in [0, 0.05) is 18.7 Å². The van der Waals surface area contributed by atoms with Gasteiger partial charge in [0.25, 0.3) is 5.91 Å². The van der Waals surface area contributed by atoms with Crippen molar-refractivity contribution in [1.29, 1.82) is 0 Å². The summed E-state index contributed by atoms with van der Waals surface area (Å²) in [7, 11) is -3.46. The Balaban J connectivity index is 1.63. The van der Waals surface area contributed by atoms with Crippen molar-refractivity contribution >= 4 is 21.6 Å². The number of nitrogens with one attached hydrogen (secondary N) is 1. The molecule has 1 heterocycles. The third-order valence-corrected chi connectivity index (χ3v) is 5.74. The number of sulfonamides is 1. The number of nitrogens with zero attached hydrogens (tertiary/aromatic N) is 1. The molecule has 0 atom stereocenters. The van der Waals surface area contributed by atoms with E-state index in [0.29, 0.717) is 42.7 Å². The van der Waals surface area contributed by atoms with Gasteiger partial charge < -0.3 is 9.64 Å². The Labute approximate surface area is 179 Å². The molecular weight excluding hydrogens is 433 g/mol. The first-order valence-corrected chi connectivity index (χ1v) is 11.5. The maximum Gasteiger partial charge on any atom is 0.573 e. The molecule has 2 aromatic carbocycles. The minimum absolute atomic E-state index is 0.129. The van der Waals surface area contributed by atoms with Crippen LogP contribution in [0.4, 0.5) is 18.9 Å². The number of carbonyl (C=O) groups is 1. The van der Waals surface area contributed by atoms with Crippen LogP contribution in [0.25, 0.3) is 0 Å². The molecule has 1 saturated heterocycles. The number of ether oxygens (including phenoxy) is 1. The van der Waals surface area contributed by atoms with Crippen molar-refractivity contribution in [2.75, 3.05) is 24.1 Å². The Morgan fingerprint density at radius 2 is 1.71 bits per heavy atom. The number of carbonyl (C=O) groups excluding carboxylic acids is 1. The largest absolute Gasteiger partial charge is 0.573 e. The highest BCUT2D eigenvalue weighted by atomic mass is 32.2. The van der Waals surface area contributed by atoms with Gasteiger partial charge in [0.15, 0.2) is 0 Å². The van der Waals surface area contributed by atoms with Crippen molar-refractivity contribution < 1.29 is 31.1 Å². The zero-order chi connectivity index (χ0) is 22.8. The molecule has 6 nitrogen and oxygen atoms in total. The average Bonchev–Trinajstić information content (AvgIpc) is 2.68. The topological polar surface area (TPSA) is 75.7 Å². The fraction of sp³-hybridized carbons (Fsp3) is 0.381. The molecule has 0 aromatic heterocycles. The first-order chi connectivity index (χ1) is 14.4. The van der Waals surface area contributed by atoms with Crippen LogP contribution in [-0.2, 0) is 10.0 Å². The number of aryl methyl sites for hydroxylation is 1. The highest BCUT2D eigenvalue weighted by molar-refractivity contribution is 7.92. The summed E-state index contributed by atoms with van der Waals surface area (Å²) in [5.41, 5.74) is 2.36. The van der Waals surface area contributed by atoms with Crippen LogP contribution in [0.5, 0.6) is 5.75 Å². The zero-order valence-corrected chi connectivity index (χ0v) is 17.9. The molecule has 0 saturated carbocycles. The molecule has 0 bridgehead atoms. The van der Waals surface area contributed by atoms with E-state index in [-0.39, 0.29) is 17.6 Å². The maximum atomic E-state index is 12.9. The molecule has 0 aliphatic carbocycles. The predicted molar refractivity (Wildman–Crippen MR) is 111 cm³/mol. The number of piperidine rings is 1. The molecule has 1 aliphatic rings. The molecule has 2 aromatic rings. The van der Waals surface area contributed by atoms with Crippen LogP contribution in [0.15, 0.2) is 42.5 Å². The van der Waals surface area contributed by atoms with Gasteiger partial charge in [-0.3, -0.25) is 9.52 Å². The van der Waals surface area contributed by atoms with E-state index in [9.17, 15) is 26.4 Å². The van der Waals surface area contributed by atoms with Crippen molar-refractivity contribution in [2.24, 2.45) is 0 Å². The van der Waals surface area contributed by atoms with Crippen LogP contribution in [-0.4, -0.2) is 44.9 Å². The normalized spacial score (nSPS) is 15.6. The number of anilines is 1. The van der Waals surface area contributed by atoms with Crippen molar-refractivity contribution in [3.8, 4) is 5.75 Å². The molecule has 1 aliphatic heterocycles. The van der Waals surface area contributed by atoms with E-state index in [4.69, 9.17) is 0 Å². The van der Waals surface area contributed by atoms with Crippen molar-refractivity contribution in [1.82, 2.24) is 4.90 Å². The van der Waals surface area contributed by atoms with Gasteiger partial charge in [-0.2, -0.15) is 0 Å². The lowest BCUT2D eigenvalue weighted by Crippen LogP contribution is -2.38. The van der Waals surface area contributed by atoms with Crippen molar-refractivity contribution in [3.63, 3.8) is 0 Å². The molecular formula is C21H23F3N2O4S. The van der Waals surface area contributed by atoms with E-state index >= 15 is 0 Å². The molecule has 3 rings (SSSR count). The Bertz CT molecular complexity index is 1050. The molecule has 0 radical (unpaired) electrons. The summed E-state index contributed by atoms with van der Waals surface area (Å²) in [6.07, 6.45) is -2.33. The van der Waals surface area contributed by atoms with Gasteiger partial charge in [0.05, 0.1) is 11.9 Å². The molecule has 1 N–H and O–H groups in total. The monoisotopic (exact) mass is 456 g/mol. The van der Waals surface area contributed by atoms with E-state index in [0.717, 1.165) is 11.8 Å². The van der Waals surface area contributed by atoms with Crippen molar-refractivity contribution in [2.45, 2.75) is 32.0 Å². The second kappa shape index (κ2) is 8.78. The van der Waals surface area contributed by atoms with E-state index < -0.39 is 16.4 Å². The highest BCUT2D eigenvalue weighted by Crippen LogP contribution is 2.31. The third-order valence-electron chi connectivity index (χ3n) is 5.15. The number of likely N-dealkylation sites (tertiary alicyclic amines) is 1. The van der Waals surface area contributed by atoms with Gasteiger partial charge in [-0.25, -0.2) is 8.42 Å². The Morgan fingerprint density at radius 3 is 2.26 bits per heavy atom. The molecule has 31 heavy (non-hydrogen) atoms. The Morgan fingerprint density at radius 1 is 1.10 bits per heavy atom. The number of alkyl halides is 3. The second-order valence-corrected chi connectivity index (χ2v) is 9.34. The summed E-state index contributed by atoms with van der Waals surface area (Å²) >= 11 is 0. The van der Waals surface area contributed by atoms with Crippen LogP contribution in [0.2, 0.25) is 0 Å². The number of hydrogen-bond donors (Lipinski definition) is 1. The maximum absolute atomic E-state index is 12.9. The van der Waals surface area contributed by atoms with Crippen molar-refractivity contribution in [3.05, 3.63) is 59.2 Å². The van der Waals surface area contributed by atoms with Gasteiger partial charge in [0.2, 0.25) is 10.0 Å². The van der Waals surface area contributed by atoms with Crippen LogP contribution in [0.3, 0.4) is 0 Å². The summed E-state index contributed by atoms with van der Waals surface area (Å²) in [4.78, 5) is 14.6. The predicted octanol–water partition coefficient (Wildman–Crippen LogP) is 4.28. The lowest BCUT2D eigenvalue weighted by Gasteiger charge is -2.32. The first-order valence-electron chi connectivity index (χ1n) is 9.65. The molecule has 1 amide bonds. The number of amides is 1. The number of hydrogen-bond acceptors (Lipinski definition) is 4. The summed E-state index contributed by atoms with van der Waals surface area (Å²) in [5.74, 6) is -0.324. The van der Waals surface area contributed by atoms with Gasteiger partial charge in [0.1, 0.15) is 5.75 Å². The average molecular weight is 456 g/mol. The smallest absolute Gasteiger partial charge is 0.406 e. The number of rotatable bonds is 5. The van der Waals surface area contributed by atoms with Crippen LogP contribution in [0, 0.1) is 6.92 Å². The second-order valence-electron chi connectivity index (χ2n) is 7.59. The molecule has 168 valence electrons. The van der Waals surface area contributed by atoms with Crippen LogP contribution in [0.1, 0.15) is 40.2 Å². The molecule has 0 unspecified atom stereocenters. The molecule has 10 heteroatoms. The summed E-state index contributed by atoms with van der Waals surface area (Å²) in [5, 5.41) is 0. The lowest BCUT2D eigenvalue weighted by atomic mass is 9.89. The minimum Gasteiger partial charge on any atom is -0.406 e. The van der Waals surface area contributed by atoms with E-state index in [1.807, 2.05) is 0 Å². The highest BCUT2D eigenvalue weighted by Gasteiger charge is 2.31. The van der Waals surface area contributed by atoms with E-state index in [1.54, 1.807) is 36.1 Å². The first kappa shape index (κ1) is 22.9. The summed E-state index contributed by atoms with van der Waals surface area (Å²) in [6, 6.07) is 10.7. The van der Waals surface area contributed by atoms with Gasteiger partial charge in [-0.1, -0.05) is 18.2 Å². The minimum atomic E-state index is -4.72. The van der Waals surface area contributed by atoms with E-state index in [1.165, 1.54) is 18.2 Å². The Kier molecular flexibility index (Phi) is 6.49. The van der Waals surface area contributed by atoms with E-state index in [2.05, 4.69) is 9.46 Å². The van der Waals surface area contributed by atoms with Gasteiger partial charge in [-0.15, -0.1) is 13.2 Å². The standard InChI is InChI=1S/C21H23F3N2O4S/c1-14-3-4-17(13-19(14)25-31(2,28)29)20(27)26-11-9-16(10-12-26)15-5-7-18(8-6-15)30-21(22,23)24/h3-8,13,16,25H,9-12H2,1-2H3. The SMILES string of the molecule is Cc1ccc(C(=O)N2CCC(c3ccc(OC(F)(F)F)cc3)CC2)cc1NS(C)(=O)=O. The Hall–Kier alpha value is -2.75. The van der Waals surface area contributed by atoms with Gasteiger partial charge in [-0.05, 0) is 61.1 Å². The number of halogens is 3. The summed E-state index contributed by atoms with van der Waals surface area (Å²) in [6.45, 7) is 2.73. The fourth-order valence-electron chi connectivity index (χ4n) is 3.60. The molecule has 1 fully saturated rings. The number of benzene rings is 2.